The summed E-state index contributed by atoms with van der Waals surface area (Å²) in [5.41, 5.74) is 6.26. The van der Waals surface area contributed by atoms with Crippen LogP contribution in [0.3, 0.4) is 0 Å². The number of amides is 2. The summed E-state index contributed by atoms with van der Waals surface area (Å²) in [6, 6.07) is 14.1. The van der Waals surface area contributed by atoms with E-state index in [4.69, 9.17) is 20.3 Å². The first kappa shape index (κ1) is 23.0. The third-order valence-corrected chi connectivity index (χ3v) is 3.38. The number of nitrogens with one attached hydrogen (secondary N) is 1. The molecule has 0 radical (unpaired) electrons. The molecule has 4 N–H and O–H groups in total. The standard InChI is InChI=1S/C12H17NO3.C9H11NO2/c1-3-16-11-6-4-10(5-7-11)13-12(15)8-9(2)14;1-2-12-8-6-4-3-5-7(8)9(10)11/h4-7,9,14H,3,8H2,1-2H3,(H,13,15);3-6H,2H2,1H3,(H2,10,11). The van der Waals surface area contributed by atoms with Crippen LogP contribution in [0.1, 0.15) is 37.6 Å². The van der Waals surface area contributed by atoms with Crippen molar-refractivity contribution in [3.63, 3.8) is 0 Å². The number of anilines is 1. The third kappa shape index (κ3) is 8.55. The van der Waals surface area contributed by atoms with Crippen LogP contribution >= 0.6 is 0 Å². The Morgan fingerprint density at radius 1 is 1.04 bits per heavy atom. The first-order valence-corrected chi connectivity index (χ1v) is 9.09. The van der Waals surface area contributed by atoms with Gasteiger partial charge < -0.3 is 25.6 Å². The van der Waals surface area contributed by atoms with Crippen molar-refractivity contribution in [3.05, 3.63) is 54.1 Å². The van der Waals surface area contributed by atoms with Gasteiger partial charge in [0, 0.05) is 5.69 Å². The Morgan fingerprint density at radius 3 is 2.18 bits per heavy atom. The lowest BCUT2D eigenvalue weighted by molar-refractivity contribution is -0.117. The Labute approximate surface area is 165 Å². The van der Waals surface area contributed by atoms with E-state index in [-0.39, 0.29) is 12.3 Å². The highest BCUT2D eigenvalue weighted by Gasteiger charge is 2.07. The molecule has 1 atom stereocenters. The quantitative estimate of drug-likeness (QED) is 0.644. The number of aliphatic hydroxyl groups is 1. The second kappa shape index (κ2) is 12.3. The number of primary amides is 1. The molecule has 152 valence electrons. The number of nitrogens with two attached hydrogens (primary N) is 1. The number of benzene rings is 2. The molecule has 0 saturated carbocycles. The Morgan fingerprint density at radius 2 is 1.64 bits per heavy atom. The van der Waals surface area contributed by atoms with Gasteiger partial charge in [0.25, 0.3) is 5.91 Å². The van der Waals surface area contributed by atoms with Gasteiger partial charge in [0.15, 0.2) is 0 Å². The zero-order chi connectivity index (χ0) is 20.9. The molecule has 0 heterocycles. The molecule has 0 bridgehead atoms. The van der Waals surface area contributed by atoms with Crippen molar-refractivity contribution in [2.24, 2.45) is 5.73 Å². The van der Waals surface area contributed by atoms with Gasteiger partial charge in [-0.1, -0.05) is 12.1 Å². The monoisotopic (exact) mass is 388 g/mol. The molecule has 0 spiro atoms. The molecule has 28 heavy (non-hydrogen) atoms. The topological polar surface area (TPSA) is 111 Å². The second-order valence-corrected chi connectivity index (χ2v) is 5.85. The number of carbonyl (C=O) groups is 2. The predicted molar refractivity (Wildman–Crippen MR) is 109 cm³/mol. The van der Waals surface area contributed by atoms with Gasteiger partial charge in [-0.05, 0) is 57.2 Å². The van der Waals surface area contributed by atoms with E-state index in [0.717, 1.165) is 5.75 Å². The highest BCUT2D eigenvalue weighted by atomic mass is 16.5. The molecule has 0 aliphatic carbocycles. The zero-order valence-corrected chi connectivity index (χ0v) is 16.5. The lowest BCUT2D eigenvalue weighted by atomic mass is 10.2. The number of aliphatic hydroxyl groups excluding tert-OH is 1. The summed E-state index contributed by atoms with van der Waals surface area (Å²) >= 11 is 0. The van der Waals surface area contributed by atoms with Crippen molar-refractivity contribution in [1.29, 1.82) is 0 Å². The van der Waals surface area contributed by atoms with Crippen LogP contribution in [0.25, 0.3) is 0 Å². The number of hydrogen-bond acceptors (Lipinski definition) is 5. The first-order chi connectivity index (χ1) is 13.4. The molecule has 2 aromatic carbocycles. The van der Waals surface area contributed by atoms with Gasteiger partial charge in [-0.2, -0.15) is 0 Å². The van der Waals surface area contributed by atoms with Gasteiger partial charge in [0.2, 0.25) is 5.91 Å². The van der Waals surface area contributed by atoms with Gasteiger partial charge in [-0.25, -0.2) is 0 Å². The van der Waals surface area contributed by atoms with Crippen LogP contribution in [0.5, 0.6) is 11.5 Å². The summed E-state index contributed by atoms with van der Waals surface area (Å²) < 4.78 is 10.5. The smallest absolute Gasteiger partial charge is 0.252 e. The third-order valence-electron chi connectivity index (χ3n) is 3.38. The average molecular weight is 388 g/mol. The Kier molecular flexibility index (Phi) is 10.1. The predicted octanol–water partition coefficient (Wildman–Crippen LogP) is 2.98. The first-order valence-electron chi connectivity index (χ1n) is 9.09. The molecular formula is C21H28N2O5. The SMILES string of the molecule is CCOc1ccc(NC(=O)CC(C)O)cc1.CCOc1ccccc1C(N)=O. The van der Waals surface area contributed by atoms with E-state index in [1.165, 1.54) is 0 Å². The fraction of sp³-hybridized carbons (Fsp3) is 0.333. The lowest BCUT2D eigenvalue weighted by Gasteiger charge is -2.08. The minimum Gasteiger partial charge on any atom is -0.494 e. The van der Waals surface area contributed by atoms with Crippen molar-refractivity contribution in [2.45, 2.75) is 33.3 Å². The van der Waals surface area contributed by atoms with Crippen LogP contribution < -0.4 is 20.5 Å². The number of ether oxygens (including phenoxy) is 2. The Bertz CT molecular complexity index is 745. The maximum atomic E-state index is 11.3. The van der Waals surface area contributed by atoms with E-state index in [1.54, 1.807) is 55.5 Å². The summed E-state index contributed by atoms with van der Waals surface area (Å²) in [5, 5.41) is 11.7. The summed E-state index contributed by atoms with van der Waals surface area (Å²) in [6.45, 7) is 6.51. The molecule has 2 aromatic rings. The van der Waals surface area contributed by atoms with Gasteiger partial charge in [-0.3, -0.25) is 9.59 Å². The average Bonchev–Trinajstić information content (AvgIpc) is 2.64. The van der Waals surface area contributed by atoms with Gasteiger partial charge in [-0.15, -0.1) is 0 Å². The minimum atomic E-state index is -0.623. The van der Waals surface area contributed by atoms with Crippen molar-refractivity contribution in [1.82, 2.24) is 0 Å². The highest BCUT2D eigenvalue weighted by molar-refractivity contribution is 5.95. The zero-order valence-electron chi connectivity index (χ0n) is 16.5. The van der Waals surface area contributed by atoms with Crippen molar-refractivity contribution in [3.8, 4) is 11.5 Å². The lowest BCUT2D eigenvalue weighted by Crippen LogP contribution is -2.17. The molecular weight excluding hydrogens is 360 g/mol. The maximum absolute atomic E-state index is 11.3. The molecule has 1 unspecified atom stereocenters. The van der Waals surface area contributed by atoms with Crippen LogP contribution in [0, 0.1) is 0 Å². The van der Waals surface area contributed by atoms with Crippen molar-refractivity contribution >= 4 is 17.5 Å². The van der Waals surface area contributed by atoms with Crippen LogP contribution in [-0.4, -0.2) is 36.2 Å². The van der Waals surface area contributed by atoms with E-state index in [9.17, 15) is 9.59 Å². The number of para-hydroxylation sites is 1. The fourth-order valence-electron chi connectivity index (χ4n) is 2.23. The van der Waals surface area contributed by atoms with E-state index < -0.39 is 12.0 Å². The van der Waals surface area contributed by atoms with Crippen molar-refractivity contribution in [2.75, 3.05) is 18.5 Å². The summed E-state index contributed by atoms with van der Waals surface area (Å²) in [4.78, 5) is 22.2. The molecule has 0 aromatic heterocycles. The number of carbonyl (C=O) groups excluding carboxylic acids is 2. The van der Waals surface area contributed by atoms with Crippen LogP contribution in [0.2, 0.25) is 0 Å². The second-order valence-electron chi connectivity index (χ2n) is 5.85. The molecule has 7 nitrogen and oxygen atoms in total. The number of hydrogen-bond donors (Lipinski definition) is 3. The van der Waals surface area contributed by atoms with Crippen LogP contribution in [0.4, 0.5) is 5.69 Å². The summed E-state index contributed by atoms with van der Waals surface area (Å²) in [7, 11) is 0. The van der Waals surface area contributed by atoms with E-state index >= 15 is 0 Å². The minimum absolute atomic E-state index is 0.104. The molecule has 0 fully saturated rings. The van der Waals surface area contributed by atoms with Gasteiger partial charge in [0.05, 0.1) is 31.3 Å². The molecule has 7 heteroatoms. The van der Waals surface area contributed by atoms with Crippen molar-refractivity contribution < 1.29 is 24.2 Å². The largest absolute Gasteiger partial charge is 0.494 e. The normalized spacial score (nSPS) is 10.9. The van der Waals surface area contributed by atoms with Gasteiger partial charge in [0.1, 0.15) is 11.5 Å². The molecule has 0 saturated heterocycles. The Hall–Kier alpha value is -3.06. The highest BCUT2D eigenvalue weighted by Crippen LogP contribution is 2.17. The summed E-state index contributed by atoms with van der Waals surface area (Å²) in [5.74, 6) is 0.668. The number of rotatable bonds is 8. The van der Waals surface area contributed by atoms with Gasteiger partial charge >= 0.3 is 0 Å². The van der Waals surface area contributed by atoms with E-state index in [1.807, 2.05) is 13.8 Å². The summed E-state index contributed by atoms with van der Waals surface area (Å²) in [6.07, 6.45) is -0.518. The maximum Gasteiger partial charge on any atom is 0.252 e. The van der Waals surface area contributed by atoms with Crippen LogP contribution in [0.15, 0.2) is 48.5 Å². The molecule has 2 rings (SSSR count). The Balaban J connectivity index is 0.000000292. The molecule has 0 aliphatic rings. The fourth-order valence-corrected chi connectivity index (χ4v) is 2.23. The molecule has 2 amide bonds. The van der Waals surface area contributed by atoms with E-state index in [2.05, 4.69) is 5.32 Å². The van der Waals surface area contributed by atoms with E-state index in [0.29, 0.717) is 30.2 Å². The molecule has 0 aliphatic heterocycles. The van der Waals surface area contributed by atoms with Crippen LogP contribution in [-0.2, 0) is 4.79 Å².